The fraction of sp³-hybridized carbons (Fsp3) is 0.278. The summed E-state index contributed by atoms with van der Waals surface area (Å²) in [7, 11) is -3.62. The van der Waals surface area contributed by atoms with Crippen LogP contribution < -0.4 is 4.74 Å². The van der Waals surface area contributed by atoms with Gasteiger partial charge in [-0.15, -0.1) is 0 Å². The summed E-state index contributed by atoms with van der Waals surface area (Å²) < 4.78 is 32.2. The molecule has 1 aliphatic rings. The number of carbonyl (C=O) groups excluding carboxylic acids is 1. The third-order valence-electron chi connectivity index (χ3n) is 4.12. The molecule has 1 aliphatic heterocycles. The topological polar surface area (TPSA) is 63.7 Å². The van der Waals surface area contributed by atoms with Crippen molar-refractivity contribution in [2.45, 2.75) is 24.2 Å². The maximum atomic E-state index is 12.7. The molecule has 2 aromatic rings. The number of rotatable bonds is 4. The fourth-order valence-electron chi connectivity index (χ4n) is 2.75. The van der Waals surface area contributed by atoms with E-state index in [1.807, 2.05) is 0 Å². The molecule has 0 saturated carbocycles. The van der Waals surface area contributed by atoms with E-state index >= 15 is 0 Å². The number of hydrogen-bond acceptors (Lipinski definition) is 4. The second kappa shape index (κ2) is 7.96. The van der Waals surface area contributed by atoms with Crippen molar-refractivity contribution in [3.8, 4) is 5.75 Å². The molecule has 0 amide bonds. The highest BCUT2D eigenvalue weighted by Gasteiger charge is 2.26. The zero-order valence-corrected chi connectivity index (χ0v) is 16.1. The van der Waals surface area contributed by atoms with E-state index in [9.17, 15) is 13.2 Å². The fourth-order valence-corrected chi connectivity index (χ4v) is 4.77. The van der Waals surface area contributed by atoms with Crippen molar-refractivity contribution in [2.24, 2.45) is 0 Å². The van der Waals surface area contributed by atoms with Crippen molar-refractivity contribution in [1.29, 1.82) is 0 Å². The summed E-state index contributed by atoms with van der Waals surface area (Å²) in [4.78, 5) is 12.5. The molecule has 2 aromatic carbocycles. The average molecular weight is 414 g/mol. The van der Waals surface area contributed by atoms with E-state index in [0.29, 0.717) is 18.1 Å². The second-order valence-electron chi connectivity index (χ2n) is 5.96. The number of sulfonamides is 1. The van der Waals surface area contributed by atoms with Gasteiger partial charge in [0.05, 0.1) is 15.5 Å². The quantitative estimate of drug-likeness (QED) is 0.550. The van der Waals surface area contributed by atoms with E-state index in [0.717, 1.165) is 19.3 Å². The predicted molar refractivity (Wildman–Crippen MR) is 100 cm³/mol. The molecule has 1 saturated heterocycles. The van der Waals surface area contributed by atoms with Crippen LogP contribution in [0.1, 0.15) is 29.6 Å². The van der Waals surface area contributed by atoms with Gasteiger partial charge in [-0.05, 0) is 49.2 Å². The summed E-state index contributed by atoms with van der Waals surface area (Å²) in [6, 6.07) is 10.3. The van der Waals surface area contributed by atoms with Gasteiger partial charge in [-0.2, -0.15) is 4.31 Å². The number of hydrogen-bond donors (Lipinski definition) is 0. The molecule has 0 spiro atoms. The lowest BCUT2D eigenvalue weighted by Crippen LogP contribution is -2.35. The first kappa shape index (κ1) is 19.2. The molecule has 26 heavy (non-hydrogen) atoms. The number of piperidine rings is 1. The molecular formula is C18H17Cl2NO4S. The zero-order valence-electron chi connectivity index (χ0n) is 13.8. The molecule has 0 bridgehead atoms. The molecule has 0 atom stereocenters. The third kappa shape index (κ3) is 4.20. The minimum Gasteiger partial charge on any atom is -0.421 e. The summed E-state index contributed by atoms with van der Waals surface area (Å²) >= 11 is 11.8. The van der Waals surface area contributed by atoms with Gasteiger partial charge in [0.25, 0.3) is 0 Å². The van der Waals surface area contributed by atoms with Crippen LogP contribution in [0.5, 0.6) is 5.75 Å². The highest BCUT2D eigenvalue weighted by Crippen LogP contribution is 2.28. The maximum absolute atomic E-state index is 12.7. The SMILES string of the molecule is O=C(Oc1ccc(Cl)cc1Cl)c1cccc(S(=O)(=O)N2CCCCC2)c1. The van der Waals surface area contributed by atoms with E-state index in [-0.39, 0.29) is 21.2 Å². The Morgan fingerprint density at radius 3 is 2.42 bits per heavy atom. The van der Waals surface area contributed by atoms with Crippen LogP contribution in [0, 0.1) is 0 Å². The monoisotopic (exact) mass is 413 g/mol. The zero-order chi connectivity index (χ0) is 18.7. The first-order valence-electron chi connectivity index (χ1n) is 8.15. The molecule has 0 unspecified atom stereocenters. The molecule has 0 aliphatic carbocycles. The first-order chi connectivity index (χ1) is 12.4. The Labute approximate surface area is 162 Å². The molecule has 0 N–H and O–H groups in total. The van der Waals surface area contributed by atoms with Gasteiger partial charge in [0.1, 0.15) is 5.75 Å². The number of esters is 1. The van der Waals surface area contributed by atoms with Gasteiger partial charge in [0, 0.05) is 18.1 Å². The van der Waals surface area contributed by atoms with E-state index in [4.69, 9.17) is 27.9 Å². The summed E-state index contributed by atoms with van der Waals surface area (Å²) in [5.74, 6) is -0.532. The normalized spacial score (nSPS) is 15.6. The molecule has 5 nitrogen and oxygen atoms in total. The summed E-state index contributed by atoms with van der Waals surface area (Å²) in [5.41, 5.74) is 0.133. The Morgan fingerprint density at radius 2 is 1.73 bits per heavy atom. The highest BCUT2D eigenvalue weighted by molar-refractivity contribution is 7.89. The van der Waals surface area contributed by atoms with Gasteiger partial charge in [0.15, 0.2) is 0 Å². The van der Waals surface area contributed by atoms with E-state index in [2.05, 4.69) is 0 Å². The van der Waals surface area contributed by atoms with E-state index in [1.165, 1.54) is 40.7 Å². The molecule has 3 rings (SSSR count). The van der Waals surface area contributed by atoms with E-state index < -0.39 is 16.0 Å². The van der Waals surface area contributed by atoms with Crippen LogP contribution in [0.4, 0.5) is 0 Å². The Kier molecular flexibility index (Phi) is 5.87. The number of carbonyl (C=O) groups is 1. The molecular weight excluding hydrogens is 397 g/mol. The van der Waals surface area contributed by atoms with Gasteiger partial charge in [0.2, 0.25) is 10.0 Å². The minimum atomic E-state index is -3.62. The van der Waals surface area contributed by atoms with Crippen LogP contribution in [0.15, 0.2) is 47.4 Å². The number of ether oxygens (including phenoxy) is 1. The lowest BCUT2D eigenvalue weighted by atomic mass is 10.2. The molecule has 138 valence electrons. The maximum Gasteiger partial charge on any atom is 0.343 e. The second-order valence-corrected chi connectivity index (χ2v) is 8.74. The molecule has 1 fully saturated rings. The Bertz CT molecular complexity index is 925. The molecule has 0 radical (unpaired) electrons. The van der Waals surface area contributed by atoms with Crippen LogP contribution >= 0.6 is 23.2 Å². The Balaban J connectivity index is 1.83. The van der Waals surface area contributed by atoms with Crippen molar-refractivity contribution in [2.75, 3.05) is 13.1 Å². The molecule has 0 aromatic heterocycles. The largest absolute Gasteiger partial charge is 0.421 e. The van der Waals surface area contributed by atoms with Crippen molar-refractivity contribution in [1.82, 2.24) is 4.31 Å². The Morgan fingerprint density at radius 1 is 1.00 bits per heavy atom. The summed E-state index contributed by atoms with van der Waals surface area (Å²) in [6.07, 6.45) is 2.71. The summed E-state index contributed by atoms with van der Waals surface area (Å²) in [6.45, 7) is 0.995. The standard InChI is InChI=1S/C18H17Cl2NO4S/c19-14-7-8-17(16(20)12-14)25-18(22)13-5-4-6-15(11-13)26(23,24)21-9-2-1-3-10-21/h4-8,11-12H,1-3,9-10H2. The van der Waals surface area contributed by atoms with Gasteiger partial charge in [-0.25, -0.2) is 13.2 Å². The van der Waals surface area contributed by atoms with Gasteiger partial charge in [-0.3, -0.25) is 0 Å². The average Bonchev–Trinajstić information content (AvgIpc) is 2.65. The number of halogens is 2. The summed E-state index contributed by atoms with van der Waals surface area (Å²) in [5, 5.41) is 0.618. The lowest BCUT2D eigenvalue weighted by Gasteiger charge is -2.25. The van der Waals surface area contributed by atoms with Crippen LogP contribution in [-0.4, -0.2) is 31.8 Å². The van der Waals surface area contributed by atoms with Crippen LogP contribution in [0.2, 0.25) is 10.0 Å². The lowest BCUT2D eigenvalue weighted by molar-refractivity contribution is 0.0734. The number of nitrogens with zero attached hydrogens (tertiary/aromatic N) is 1. The van der Waals surface area contributed by atoms with Gasteiger partial charge >= 0.3 is 5.97 Å². The molecule has 8 heteroatoms. The Hall–Kier alpha value is -1.60. The smallest absolute Gasteiger partial charge is 0.343 e. The first-order valence-corrected chi connectivity index (χ1v) is 10.3. The molecule has 1 heterocycles. The predicted octanol–water partition coefficient (Wildman–Crippen LogP) is 4.39. The van der Waals surface area contributed by atoms with Gasteiger partial charge < -0.3 is 4.74 Å². The van der Waals surface area contributed by atoms with Crippen LogP contribution in [0.3, 0.4) is 0 Å². The van der Waals surface area contributed by atoms with Crippen molar-refractivity contribution in [3.63, 3.8) is 0 Å². The highest BCUT2D eigenvalue weighted by atomic mass is 35.5. The van der Waals surface area contributed by atoms with Crippen molar-refractivity contribution >= 4 is 39.2 Å². The van der Waals surface area contributed by atoms with Crippen LogP contribution in [0.25, 0.3) is 0 Å². The van der Waals surface area contributed by atoms with E-state index in [1.54, 1.807) is 6.07 Å². The third-order valence-corrected chi connectivity index (χ3v) is 6.54. The minimum absolute atomic E-state index is 0.0797. The van der Waals surface area contributed by atoms with Crippen molar-refractivity contribution < 1.29 is 17.9 Å². The van der Waals surface area contributed by atoms with Crippen LogP contribution in [-0.2, 0) is 10.0 Å². The van der Waals surface area contributed by atoms with Gasteiger partial charge in [-0.1, -0.05) is 35.7 Å². The number of benzene rings is 2. The van der Waals surface area contributed by atoms with Crippen molar-refractivity contribution in [3.05, 3.63) is 58.1 Å².